The summed E-state index contributed by atoms with van der Waals surface area (Å²) in [6, 6.07) is 12.0. The Morgan fingerprint density at radius 1 is 1.29 bits per heavy atom. The molecular formula is C15H17N3O3. The number of benzene rings is 2. The lowest BCUT2D eigenvalue weighted by molar-refractivity contribution is -0.384. The molecule has 2 aromatic carbocycles. The molecule has 6 heteroatoms. The highest BCUT2D eigenvalue weighted by Gasteiger charge is 2.13. The van der Waals surface area contributed by atoms with Gasteiger partial charge in [-0.3, -0.25) is 10.1 Å². The molecule has 0 spiro atoms. The molecule has 2 N–H and O–H groups in total. The van der Waals surface area contributed by atoms with Crippen LogP contribution in [0, 0.1) is 10.1 Å². The maximum absolute atomic E-state index is 10.9. The van der Waals surface area contributed by atoms with E-state index in [4.69, 9.17) is 10.5 Å². The largest absolute Gasteiger partial charge is 0.495 e. The highest BCUT2D eigenvalue weighted by atomic mass is 16.6. The molecule has 2 rings (SSSR count). The van der Waals surface area contributed by atoms with E-state index in [0.717, 1.165) is 11.4 Å². The lowest BCUT2D eigenvalue weighted by atomic mass is 10.1. The van der Waals surface area contributed by atoms with Crippen molar-refractivity contribution >= 4 is 17.1 Å². The molecule has 0 heterocycles. The van der Waals surface area contributed by atoms with Gasteiger partial charge in [-0.15, -0.1) is 0 Å². The summed E-state index contributed by atoms with van der Waals surface area (Å²) in [6.07, 6.45) is 0. The van der Waals surface area contributed by atoms with Crippen LogP contribution >= 0.6 is 0 Å². The van der Waals surface area contributed by atoms with Crippen LogP contribution < -0.4 is 15.4 Å². The van der Waals surface area contributed by atoms with Gasteiger partial charge in [0.2, 0.25) is 0 Å². The summed E-state index contributed by atoms with van der Waals surface area (Å²) < 4.78 is 5.32. The monoisotopic (exact) mass is 287 g/mol. The molecule has 0 atom stereocenters. The van der Waals surface area contributed by atoms with Crippen molar-refractivity contribution in [3.8, 4) is 5.75 Å². The van der Waals surface area contributed by atoms with Gasteiger partial charge in [0.25, 0.3) is 5.69 Å². The summed E-state index contributed by atoms with van der Waals surface area (Å²) in [4.78, 5) is 12.4. The van der Waals surface area contributed by atoms with Crippen molar-refractivity contribution < 1.29 is 9.66 Å². The Kier molecular flexibility index (Phi) is 4.27. The predicted octanol–water partition coefficient (Wildman–Crippen LogP) is 2.82. The van der Waals surface area contributed by atoms with Gasteiger partial charge < -0.3 is 15.4 Å². The summed E-state index contributed by atoms with van der Waals surface area (Å²) in [5, 5.41) is 10.9. The SMILES string of the molecule is COc1ccccc1N(C)Cc1cc([N+](=O)[O-])ccc1N. The quantitative estimate of drug-likeness (QED) is 0.519. The summed E-state index contributed by atoms with van der Waals surface area (Å²) in [5.41, 5.74) is 8.07. The number of hydrogen-bond acceptors (Lipinski definition) is 5. The van der Waals surface area contributed by atoms with E-state index in [9.17, 15) is 10.1 Å². The van der Waals surface area contributed by atoms with Crippen molar-refractivity contribution in [3.63, 3.8) is 0 Å². The molecule has 0 radical (unpaired) electrons. The second-order valence-corrected chi connectivity index (χ2v) is 4.67. The Bertz CT molecular complexity index is 658. The smallest absolute Gasteiger partial charge is 0.269 e. The molecular weight excluding hydrogens is 270 g/mol. The molecule has 0 bridgehead atoms. The highest BCUT2D eigenvalue weighted by Crippen LogP contribution is 2.29. The normalized spacial score (nSPS) is 10.2. The van der Waals surface area contributed by atoms with Crippen LogP contribution in [0.25, 0.3) is 0 Å². The van der Waals surface area contributed by atoms with Crippen molar-refractivity contribution in [2.45, 2.75) is 6.54 Å². The number of nitro groups is 1. The molecule has 0 saturated carbocycles. The Morgan fingerprint density at radius 3 is 2.67 bits per heavy atom. The number of methoxy groups -OCH3 is 1. The number of anilines is 2. The Morgan fingerprint density at radius 2 is 2.00 bits per heavy atom. The van der Waals surface area contributed by atoms with E-state index in [1.807, 2.05) is 36.2 Å². The van der Waals surface area contributed by atoms with Gasteiger partial charge in [0.1, 0.15) is 5.75 Å². The van der Waals surface area contributed by atoms with Gasteiger partial charge in [-0.25, -0.2) is 0 Å². The second-order valence-electron chi connectivity index (χ2n) is 4.67. The highest BCUT2D eigenvalue weighted by molar-refractivity contribution is 5.60. The summed E-state index contributed by atoms with van der Waals surface area (Å²) in [7, 11) is 3.49. The van der Waals surface area contributed by atoms with Crippen LogP contribution in [0.1, 0.15) is 5.56 Å². The molecule has 0 aliphatic carbocycles. The van der Waals surface area contributed by atoms with Crippen LogP contribution in [-0.4, -0.2) is 19.1 Å². The van der Waals surface area contributed by atoms with Gasteiger partial charge >= 0.3 is 0 Å². The summed E-state index contributed by atoms with van der Waals surface area (Å²) in [5.74, 6) is 0.740. The van der Waals surface area contributed by atoms with Crippen molar-refractivity contribution in [1.29, 1.82) is 0 Å². The number of hydrogen-bond donors (Lipinski definition) is 1. The number of nitrogens with zero attached hydrogens (tertiary/aromatic N) is 2. The van der Waals surface area contributed by atoms with Gasteiger partial charge in [0.15, 0.2) is 0 Å². The van der Waals surface area contributed by atoms with E-state index in [1.165, 1.54) is 12.1 Å². The van der Waals surface area contributed by atoms with E-state index in [2.05, 4.69) is 0 Å². The fraction of sp³-hybridized carbons (Fsp3) is 0.200. The number of ether oxygens (including phenoxy) is 1. The minimum Gasteiger partial charge on any atom is -0.495 e. The van der Waals surface area contributed by atoms with Crippen molar-refractivity contribution in [3.05, 3.63) is 58.1 Å². The van der Waals surface area contributed by atoms with Crippen molar-refractivity contribution in [2.75, 3.05) is 24.8 Å². The van der Waals surface area contributed by atoms with Crippen LogP contribution in [0.2, 0.25) is 0 Å². The third-order valence-electron chi connectivity index (χ3n) is 3.24. The molecule has 0 aliphatic heterocycles. The first-order valence-corrected chi connectivity index (χ1v) is 6.40. The molecule has 6 nitrogen and oxygen atoms in total. The van der Waals surface area contributed by atoms with Gasteiger partial charge in [0.05, 0.1) is 17.7 Å². The molecule has 0 aliphatic rings. The van der Waals surface area contributed by atoms with Gasteiger partial charge in [0, 0.05) is 37.0 Å². The minimum atomic E-state index is -0.425. The van der Waals surface area contributed by atoms with E-state index in [-0.39, 0.29) is 5.69 Å². The van der Waals surface area contributed by atoms with E-state index in [1.54, 1.807) is 13.2 Å². The molecule has 0 amide bonds. The molecule has 0 saturated heterocycles. The van der Waals surface area contributed by atoms with E-state index < -0.39 is 4.92 Å². The maximum atomic E-state index is 10.9. The average molecular weight is 287 g/mol. The number of nitrogen functional groups attached to an aromatic ring is 1. The molecule has 0 aromatic heterocycles. The number of nitrogens with two attached hydrogens (primary N) is 1. The molecule has 110 valence electrons. The maximum Gasteiger partial charge on any atom is 0.269 e. The number of non-ortho nitro benzene ring substituents is 1. The number of rotatable bonds is 5. The molecule has 21 heavy (non-hydrogen) atoms. The first-order chi connectivity index (χ1) is 10.0. The number of para-hydroxylation sites is 2. The van der Waals surface area contributed by atoms with Gasteiger partial charge in [-0.1, -0.05) is 12.1 Å². The Hall–Kier alpha value is -2.76. The van der Waals surface area contributed by atoms with Crippen LogP contribution in [0.4, 0.5) is 17.1 Å². The molecule has 0 unspecified atom stereocenters. The topological polar surface area (TPSA) is 81.6 Å². The lowest BCUT2D eigenvalue weighted by Crippen LogP contribution is -2.18. The zero-order valence-corrected chi connectivity index (χ0v) is 11.9. The van der Waals surface area contributed by atoms with Crippen LogP contribution in [0.5, 0.6) is 5.75 Å². The van der Waals surface area contributed by atoms with Gasteiger partial charge in [-0.05, 0) is 18.2 Å². The van der Waals surface area contributed by atoms with E-state index >= 15 is 0 Å². The van der Waals surface area contributed by atoms with Crippen LogP contribution in [0.15, 0.2) is 42.5 Å². The predicted molar refractivity (Wildman–Crippen MR) is 82.6 cm³/mol. The fourth-order valence-electron chi connectivity index (χ4n) is 2.13. The molecule has 0 fully saturated rings. The van der Waals surface area contributed by atoms with Crippen LogP contribution in [0.3, 0.4) is 0 Å². The average Bonchev–Trinajstić information content (AvgIpc) is 2.49. The van der Waals surface area contributed by atoms with Crippen molar-refractivity contribution in [2.24, 2.45) is 0 Å². The first-order valence-electron chi connectivity index (χ1n) is 6.40. The Labute approximate surface area is 122 Å². The fourth-order valence-corrected chi connectivity index (χ4v) is 2.13. The van der Waals surface area contributed by atoms with Crippen molar-refractivity contribution in [1.82, 2.24) is 0 Å². The first kappa shape index (κ1) is 14.6. The van der Waals surface area contributed by atoms with E-state index in [0.29, 0.717) is 17.8 Å². The van der Waals surface area contributed by atoms with Gasteiger partial charge in [-0.2, -0.15) is 0 Å². The lowest BCUT2D eigenvalue weighted by Gasteiger charge is -2.22. The zero-order chi connectivity index (χ0) is 15.4. The van der Waals surface area contributed by atoms with Crippen LogP contribution in [-0.2, 0) is 6.54 Å². The standard InChI is InChI=1S/C15H17N3O3/c1-17(14-5-3-4-6-15(14)21-2)10-11-9-12(18(19)20)7-8-13(11)16/h3-9H,10,16H2,1-2H3. The third kappa shape index (κ3) is 3.22. The second kappa shape index (κ2) is 6.13. The number of nitro benzene ring substituents is 1. The summed E-state index contributed by atoms with van der Waals surface area (Å²) in [6.45, 7) is 0.452. The minimum absolute atomic E-state index is 0.0348. The molecule has 2 aromatic rings. The zero-order valence-electron chi connectivity index (χ0n) is 11.9. The third-order valence-corrected chi connectivity index (χ3v) is 3.24. The Balaban J connectivity index is 2.29. The summed E-state index contributed by atoms with van der Waals surface area (Å²) >= 11 is 0.